The van der Waals surface area contributed by atoms with Crippen molar-refractivity contribution >= 4 is 17.8 Å². The monoisotopic (exact) mass is 336 g/mol. The van der Waals surface area contributed by atoms with E-state index in [1.165, 1.54) is 23.3 Å². The lowest BCUT2D eigenvalue weighted by molar-refractivity contribution is 0.0946. The Kier molecular flexibility index (Phi) is 4.46. The molecule has 0 bridgehead atoms. The van der Waals surface area contributed by atoms with Gasteiger partial charge in [-0.05, 0) is 24.6 Å². The molecule has 0 unspecified atom stereocenters. The van der Waals surface area contributed by atoms with Crippen LogP contribution in [0.3, 0.4) is 0 Å². The van der Waals surface area contributed by atoms with Crippen molar-refractivity contribution in [3.8, 4) is 5.82 Å². The Labute approximate surface area is 143 Å². The highest BCUT2D eigenvalue weighted by Crippen LogP contribution is 2.15. The second-order valence-electron chi connectivity index (χ2n) is 5.14. The molecule has 25 heavy (non-hydrogen) atoms. The lowest BCUT2D eigenvalue weighted by Crippen LogP contribution is -2.27. The average Bonchev–Trinajstić information content (AvgIpc) is 3.15. The maximum absolute atomic E-state index is 12.4. The van der Waals surface area contributed by atoms with Crippen molar-refractivity contribution in [2.75, 3.05) is 5.73 Å². The van der Waals surface area contributed by atoms with Crippen LogP contribution in [0.5, 0.6) is 0 Å². The molecule has 9 nitrogen and oxygen atoms in total. The summed E-state index contributed by atoms with van der Waals surface area (Å²) in [6, 6.07) is 3.76. The summed E-state index contributed by atoms with van der Waals surface area (Å²) in [6.45, 7) is 5.87. The van der Waals surface area contributed by atoms with Crippen LogP contribution >= 0.6 is 0 Å². The summed E-state index contributed by atoms with van der Waals surface area (Å²) >= 11 is 0. The number of nitrogens with two attached hydrogens (primary N) is 1. The molecule has 0 atom stereocenters. The standard InChI is InChI=1S/C16H16N8O/c1-3-11-15(24-20-7-8-21-24)23-14(17)13(22-11)16(25)19-9-12-10(2)5-4-6-18-12/h3-8H,1,9H2,2H3,(H2,17,23)(H,19,25). The fraction of sp³-hybridized carbons (Fsp3) is 0.125. The Morgan fingerprint density at radius 3 is 2.76 bits per heavy atom. The van der Waals surface area contributed by atoms with E-state index in [-0.39, 0.29) is 18.1 Å². The van der Waals surface area contributed by atoms with E-state index in [1.54, 1.807) is 6.20 Å². The predicted octanol–water partition coefficient (Wildman–Crippen LogP) is 0.916. The first-order valence-corrected chi connectivity index (χ1v) is 7.45. The number of hydrogen-bond donors (Lipinski definition) is 2. The minimum absolute atomic E-state index is 0.0133. The molecular weight excluding hydrogens is 320 g/mol. The number of aromatic nitrogens is 6. The number of amides is 1. The van der Waals surface area contributed by atoms with Crippen LogP contribution in [0.1, 0.15) is 27.4 Å². The molecule has 0 spiro atoms. The molecule has 126 valence electrons. The maximum Gasteiger partial charge on any atom is 0.274 e. The minimum Gasteiger partial charge on any atom is -0.382 e. The Morgan fingerprint density at radius 1 is 1.32 bits per heavy atom. The SMILES string of the molecule is C=Cc1nc(C(=O)NCc2ncccc2C)c(N)nc1-n1nccn1. The largest absolute Gasteiger partial charge is 0.382 e. The summed E-state index contributed by atoms with van der Waals surface area (Å²) in [5.41, 5.74) is 8.01. The fourth-order valence-corrected chi connectivity index (χ4v) is 2.18. The van der Waals surface area contributed by atoms with Gasteiger partial charge in [0.15, 0.2) is 11.5 Å². The first-order valence-electron chi connectivity index (χ1n) is 7.45. The van der Waals surface area contributed by atoms with Crippen molar-refractivity contribution in [1.82, 2.24) is 35.3 Å². The van der Waals surface area contributed by atoms with Crippen molar-refractivity contribution in [3.05, 3.63) is 59.9 Å². The lowest BCUT2D eigenvalue weighted by atomic mass is 10.2. The predicted molar refractivity (Wildman–Crippen MR) is 91.6 cm³/mol. The van der Waals surface area contributed by atoms with Gasteiger partial charge in [0.25, 0.3) is 5.91 Å². The molecular formula is C16H16N8O. The summed E-state index contributed by atoms with van der Waals surface area (Å²) < 4.78 is 0. The highest BCUT2D eigenvalue weighted by atomic mass is 16.1. The second-order valence-corrected chi connectivity index (χ2v) is 5.14. The summed E-state index contributed by atoms with van der Waals surface area (Å²) in [7, 11) is 0. The van der Waals surface area contributed by atoms with E-state index in [4.69, 9.17) is 5.73 Å². The molecule has 3 aromatic heterocycles. The fourth-order valence-electron chi connectivity index (χ4n) is 2.18. The molecule has 0 saturated heterocycles. The molecule has 0 aliphatic carbocycles. The van der Waals surface area contributed by atoms with Gasteiger partial charge in [-0.1, -0.05) is 12.6 Å². The molecule has 0 aliphatic rings. The number of anilines is 1. The first kappa shape index (κ1) is 16.2. The maximum atomic E-state index is 12.4. The van der Waals surface area contributed by atoms with Crippen molar-refractivity contribution in [1.29, 1.82) is 0 Å². The minimum atomic E-state index is -0.446. The van der Waals surface area contributed by atoms with E-state index in [0.29, 0.717) is 11.5 Å². The normalized spacial score (nSPS) is 10.4. The van der Waals surface area contributed by atoms with Crippen LogP contribution in [0.15, 0.2) is 37.3 Å². The summed E-state index contributed by atoms with van der Waals surface area (Å²) in [5, 5.41) is 10.7. The Balaban J connectivity index is 1.85. The number of nitrogen functional groups attached to an aromatic ring is 1. The second kappa shape index (κ2) is 6.87. The Morgan fingerprint density at radius 2 is 2.08 bits per heavy atom. The van der Waals surface area contributed by atoms with Gasteiger partial charge in [0.2, 0.25) is 5.82 Å². The van der Waals surface area contributed by atoms with E-state index in [2.05, 4.69) is 37.0 Å². The number of rotatable bonds is 5. The van der Waals surface area contributed by atoms with E-state index in [9.17, 15) is 4.79 Å². The van der Waals surface area contributed by atoms with Crippen molar-refractivity contribution in [2.45, 2.75) is 13.5 Å². The molecule has 9 heteroatoms. The number of pyridine rings is 1. The summed E-state index contributed by atoms with van der Waals surface area (Å²) in [4.78, 5) is 26.3. The molecule has 3 N–H and O–H groups in total. The van der Waals surface area contributed by atoms with Crippen LogP contribution in [-0.2, 0) is 6.54 Å². The lowest BCUT2D eigenvalue weighted by Gasteiger charge is -2.10. The molecule has 3 rings (SSSR count). The first-order chi connectivity index (χ1) is 12.1. The average molecular weight is 336 g/mol. The van der Waals surface area contributed by atoms with Gasteiger partial charge in [-0.2, -0.15) is 10.2 Å². The number of carbonyl (C=O) groups excluding carboxylic acids is 1. The van der Waals surface area contributed by atoms with Crippen molar-refractivity contribution in [2.24, 2.45) is 0 Å². The van der Waals surface area contributed by atoms with E-state index in [0.717, 1.165) is 11.3 Å². The van der Waals surface area contributed by atoms with Gasteiger partial charge in [-0.3, -0.25) is 9.78 Å². The Hall–Kier alpha value is -3.62. The van der Waals surface area contributed by atoms with Gasteiger partial charge in [0.1, 0.15) is 5.69 Å². The highest BCUT2D eigenvalue weighted by Gasteiger charge is 2.18. The number of hydrogen-bond acceptors (Lipinski definition) is 7. The van der Waals surface area contributed by atoms with E-state index >= 15 is 0 Å². The zero-order chi connectivity index (χ0) is 17.8. The molecule has 0 saturated carbocycles. The van der Waals surface area contributed by atoms with Crippen LogP contribution in [0.25, 0.3) is 11.9 Å². The molecule has 0 radical (unpaired) electrons. The number of nitrogens with zero attached hydrogens (tertiary/aromatic N) is 6. The summed E-state index contributed by atoms with van der Waals surface area (Å²) in [5.74, 6) is -0.166. The van der Waals surface area contributed by atoms with E-state index in [1.807, 2.05) is 19.1 Å². The van der Waals surface area contributed by atoms with Crippen molar-refractivity contribution < 1.29 is 4.79 Å². The van der Waals surface area contributed by atoms with Crippen LogP contribution in [0.2, 0.25) is 0 Å². The smallest absolute Gasteiger partial charge is 0.274 e. The van der Waals surface area contributed by atoms with Gasteiger partial charge < -0.3 is 11.1 Å². The topological polar surface area (TPSA) is 124 Å². The number of nitrogens with one attached hydrogen (secondary N) is 1. The highest BCUT2D eigenvalue weighted by molar-refractivity contribution is 5.96. The van der Waals surface area contributed by atoms with Crippen LogP contribution in [0.4, 0.5) is 5.82 Å². The molecule has 0 fully saturated rings. The third kappa shape index (κ3) is 3.34. The third-order valence-corrected chi connectivity index (χ3v) is 3.48. The van der Waals surface area contributed by atoms with Gasteiger partial charge in [0, 0.05) is 6.20 Å². The third-order valence-electron chi connectivity index (χ3n) is 3.48. The van der Waals surface area contributed by atoms with Crippen LogP contribution < -0.4 is 11.1 Å². The molecule has 3 aromatic rings. The zero-order valence-electron chi connectivity index (χ0n) is 13.5. The van der Waals surface area contributed by atoms with Gasteiger partial charge in [0.05, 0.1) is 24.6 Å². The van der Waals surface area contributed by atoms with Crippen molar-refractivity contribution in [3.63, 3.8) is 0 Å². The van der Waals surface area contributed by atoms with Crippen LogP contribution in [0, 0.1) is 6.92 Å². The molecule has 0 aromatic carbocycles. The number of carbonyl (C=O) groups is 1. The Bertz CT molecular complexity index is 920. The molecule has 0 aliphatic heterocycles. The number of aryl methyl sites for hydroxylation is 1. The molecule has 3 heterocycles. The van der Waals surface area contributed by atoms with Gasteiger partial charge >= 0.3 is 0 Å². The van der Waals surface area contributed by atoms with Gasteiger partial charge in [-0.25, -0.2) is 9.97 Å². The zero-order valence-corrected chi connectivity index (χ0v) is 13.5. The summed E-state index contributed by atoms with van der Waals surface area (Å²) in [6.07, 6.45) is 6.14. The molecule has 1 amide bonds. The van der Waals surface area contributed by atoms with E-state index < -0.39 is 5.91 Å². The quantitative estimate of drug-likeness (QED) is 0.709. The van der Waals surface area contributed by atoms with Gasteiger partial charge in [-0.15, -0.1) is 4.80 Å². The van der Waals surface area contributed by atoms with Crippen LogP contribution in [-0.4, -0.2) is 35.9 Å².